The van der Waals surface area contributed by atoms with Crippen LogP contribution in [0.3, 0.4) is 0 Å². The minimum atomic E-state index is -0.235. The molecule has 0 aromatic heterocycles. The molecule has 0 N–H and O–H groups in total. The summed E-state index contributed by atoms with van der Waals surface area (Å²) in [5.74, 6) is -0.103. The van der Waals surface area contributed by atoms with Crippen molar-refractivity contribution in [2.45, 2.75) is 6.92 Å². The molecule has 6 heteroatoms. The molecule has 19 heavy (non-hydrogen) atoms. The van der Waals surface area contributed by atoms with Crippen molar-refractivity contribution in [1.29, 1.82) is 0 Å². The van der Waals surface area contributed by atoms with E-state index in [-0.39, 0.29) is 29.4 Å². The zero-order valence-corrected chi connectivity index (χ0v) is 11.4. The number of hydrogen-bond acceptors (Lipinski definition) is 4. The Labute approximate surface area is 115 Å². The van der Waals surface area contributed by atoms with Gasteiger partial charge in [-0.3, -0.25) is 19.3 Å². The van der Waals surface area contributed by atoms with Crippen molar-refractivity contribution in [1.82, 2.24) is 4.90 Å². The molecule has 5 nitrogen and oxygen atoms in total. The van der Waals surface area contributed by atoms with Gasteiger partial charge in [-0.1, -0.05) is 30.0 Å². The van der Waals surface area contributed by atoms with E-state index in [0.717, 1.165) is 17.4 Å². The number of carbonyl (C=O) groups is 3. The molecule has 0 radical (unpaired) electrons. The molecule has 1 aliphatic heterocycles. The van der Waals surface area contributed by atoms with E-state index in [0.29, 0.717) is 6.54 Å². The third-order valence-corrected chi connectivity index (χ3v) is 3.69. The highest BCUT2D eigenvalue weighted by atomic mass is 32.2. The van der Waals surface area contributed by atoms with Crippen molar-refractivity contribution in [3.63, 3.8) is 0 Å². The molecule has 1 fully saturated rings. The molecule has 0 bridgehead atoms. The monoisotopic (exact) mass is 278 g/mol. The average Bonchev–Trinajstić information content (AvgIpc) is 2.71. The Hall–Kier alpha value is -1.82. The number of hydrogen-bond donors (Lipinski definition) is 0. The van der Waals surface area contributed by atoms with E-state index in [1.807, 2.05) is 30.3 Å². The van der Waals surface area contributed by atoms with Gasteiger partial charge < -0.3 is 4.90 Å². The predicted octanol–water partition coefficient (Wildman–Crippen LogP) is 1.73. The molecule has 100 valence electrons. The summed E-state index contributed by atoms with van der Waals surface area (Å²) in [5.41, 5.74) is 0.766. The summed E-state index contributed by atoms with van der Waals surface area (Å²) < 4.78 is 0. The Kier molecular flexibility index (Phi) is 4.21. The van der Waals surface area contributed by atoms with Gasteiger partial charge in [-0.2, -0.15) is 0 Å². The van der Waals surface area contributed by atoms with Crippen LogP contribution in [0.2, 0.25) is 0 Å². The first-order valence-corrected chi connectivity index (χ1v) is 6.88. The Morgan fingerprint density at radius 2 is 2.00 bits per heavy atom. The number of anilines is 1. The van der Waals surface area contributed by atoms with Crippen molar-refractivity contribution in [2.24, 2.45) is 0 Å². The summed E-state index contributed by atoms with van der Waals surface area (Å²) in [6.45, 7) is 2.02. The number of carbonyl (C=O) groups excluding carboxylic acids is 3. The van der Waals surface area contributed by atoms with Crippen LogP contribution >= 0.6 is 11.8 Å². The first-order chi connectivity index (χ1) is 9.09. The van der Waals surface area contributed by atoms with Crippen molar-refractivity contribution >= 4 is 34.5 Å². The molecule has 1 saturated heterocycles. The van der Waals surface area contributed by atoms with Crippen LogP contribution in [0.15, 0.2) is 30.3 Å². The van der Waals surface area contributed by atoms with E-state index in [9.17, 15) is 14.4 Å². The molecular formula is C13H14N2O3S. The van der Waals surface area contributed by atoms with E-state index in [4.69, 9.17) is 0 Å². The SMILES string of the molecule is CC(=O)N(CCN1C(=O)CSC1=O)c1ccccc1. The van der Waals surface area contributed by atoms with Gasteiger partial charge in [-0.05, 0) is 12.1 Å². The Morgan fingerprint density at radius 3 is 2.53 bits per heavy atom. The van der Waals surface area contributed by atoms with Gasteiger partial charge in [0.25, 0.3) is 5.24 Å². The van der Waals surface area contributed by atoms with Gasteiger partial charge in [0, 0.05) is 25.7 Å². The molecule has 1 aromatic carbocycles. The van der Waals surface area contributed by atoms with Crippen LogP contribution in [0.25, 0.3) is 0 Å². The smallest absolute Gasteiger partial charge is 0.288 e. The molecule has 1 aromatic rings. The third kappa shape index (κ3) is 3.14. The molecule has 0 atom stereocenters. The average molecular weight is 278 g/mol. The lowest BCUT2D eigenvalue weighted by atomic mass is 10.3. The topological polar surface area (TPSA) is 57.7 Å². The van der Waals surface area contributed by atoms with Gasteiger partial charge in [-0.15, -0.1) is 0 Å². The van der Waals surface area contributed by atoms with Crippen LogP contribution < -0.4 is 4.90 Å². The van der Waals surface area contributed by atoms with Gasteiger partial charge in [-0.25, -0.2) is 0 Å². The van der Waals surface area contributed by atoms with Gasteiger partial charge in [0.15, 0.2) is 0 Å². The van der Waals surface area contributed by atoms with Crippen molar-refractivity contribution in [3.8, 4) is 0 Å². The Bertz CT molecular complexity index is 488. The largest absolute Gasteiger partial charge is 0.311 e. The molecule has 0 saturated carbocycles. The van der Waals surface area contributed by atoms with Crippen molar-refractivity contribution in [3.05, 3.63) is 30.3 Å². The maximum absolute atomic E-state index is 11.6. The second-order valence-corrected chi connectivity index (χ2v) is 5.03. The number of amides is 3. The summed E-state index contributed by atoms with van der Waals surface area (Å²) in [4.78, 5) is 37.4. The van der Waals surface area contributed by atoms with Gasteiger partial charge >= 0.3 is 0 Å². The molecular weight excluding hydrogens is 264 g/mol. The predicted molar refractivity (Wildman–Crippen MR) is 74.0 cm³/mol. The number of benzene rings is 1. The third-order valence-electron chi connectivity index (χ3n) is 2.84. The van der Waals surface area contributed by atoms with E-state index in [2.05, 4.69) is 0 Å². The highest BCUT2D eigenvalue weighted by Crippen LogP contribution is 2.19. The van der Waals surface area contributed by atoms with Gasteiger partial charge in [0.2, 0.25) is 11.8 Å². The Balaban J connectivity index is 2.04. The summed E-state index contributed by atoms with van der Waals surface area (Å²) >= 11 is 1.00. The van der Waals surface area contributed by atoms with Crippen molar-refractivity contribution in [2.75, 3.05) is 23.7 Å². The minimum Gasteiger partial charge on any atom is -0.311 e. The Morgan fingerprint density at radius 1 is 1.32 bits per heavy atom. The highest BCUT2D eigenvalue weighted by Gasteiger charge is 2.30. The lowest BCUT2D eigenvalue weighted by molar-refractivity contribution is -0.125. The van der Waals surface area contributed by atoms with Crippen molar-refractivity contribution < 1.29 is 14.4 Å². The molecule has 3 amide bonds. The lowest BCUT2D eigenvalue weighted by Gasteiger charge is -2.23. The molecule has 1 heterocycles. The second kappa shape index (κ2) is 5.88. The number of rotatable bonds is 4. The molecule has 1 aliphatic rings. The zero-order valence-electron chi connectivity index (χ0n) is 10.5. The van der Waals surface area contributed by atoms with Crippen LogP contribution in [0, 0.1) is 0 Å². The first-order valence-electron chi connectivity index (χ1n) is 5.90. The minimum absolute atomic E-state index is 0.113. The lowest BCUT2D eigenvalue weighted by Crippen LogP contribution is -2.39. The second-order valence-electron chi connectivity index (χ2n) is 4.11. The van der Waals surface area contributed by atoms with Crippen LogP contribution in [0.1, 0.15) is 6.92 Å². The molecule has 2 rings (SSSR count). The number of para-hydroxylation sites is 1. The summed E-state index contributed by atoms with van der Waals surface area (Å²) in [7, 11) is 0. The number of imide groups is 1. The van der Waals surface area contributed by atoms with E-state index >= 15 is 0 Å². The standard InChI is InChI=1S/C13H14N2O3S/c1-10(16)14(11-5-3-2-4-6-11)7-8-15-12(17)9-19-13(15)18/h2-6H,7-9H2,1H3. The van der Waals surface area contributed by atoms with Crippen LogP contribution in [-0.2, 0) is 9.59 Å². The summed E-state index contributed by atoms with van der Waals surface area (Å²) in [6.07, 6.45) is 0. The first kappa shape index (κ1) is 13.6. The number of nitrogens with zero attached hydrogens (tertiary/aromatic N) is 2. The summed E-state index contributed by atoms with van der Waals surface area (Å²) in [5, 5.41) is -0.235. The van der Waals surface area contributed by atoms with Gasteiger partial charge in [0.1, 0.15) is 0 Å². The fraction of sp³-hybridized carbons (Fsp3) is 0.308. The molecule has 0 unspecified atom stereocenters. The van der Waals surface area contributed by atoms with E-state index in [1.165, 1.54) is 11.8 Å². The maximum Gasteiger partial charge on any atom is 0.288 e. The van der Waals surface area contributed by atoms with Gasteiger partial charge in [0.05, 0.1) is 5.75 Å². The van der Waals surface area contributed by atoms with Crippen LogP contribution in [0.4, 0.5) is 10.5 Å². The van der Waals surface area contributed by atoms with Crippen LogP contribution in [-0.4, -0.2) is 40.8 Å². The maximum atomic E-state index is 11.6. The fourth-order valence-corrected chi connectivity index (χ4v) is 2.63. The quantitative estimate of drug-likeness (QED) is 0.841. The summed E-state index contributed by atoms with van der Waals surface area (Å²) in [6, 6.07) is 9.19. The van der Waals surface area contributed by atoms with E-state index in [1.54, 1.807) is 4.90 Å². The molecule has 0 aliphatic carbocycles. The van der Waals surface area contributed by atoms with Crippen LogP contribution in [0.5, 0.6) is 0 Å². The molecule has 0 spiro atoms. The van der Waals surface area contributed by atoms with E-state index < -0.39 is 0 Å². The highest BCUT2D eigenvalue weighted by molar-refractivity contribution is 8.14. The fourth-order valence-electron chi connectivity index (χ4n) is 1.87. The zero-order chi connectivity index (χ0) is 13.8. The number of thioether (sulfide) groups is 1. The normalized spacial score (nSPS) is 14.9.